The molecule has 1 amide bonds. The number of nitrogens with two attached hydrogens (primary N) is 1. The summed E-state index contributed by atoms with van der Waals surface area (Å²) in [6.07, 6.45) is 1.43. The molecule has 0 aliphatic rings. The SMILES string of the molecule is Cc1c(Br)cccc1C(=O)NCCCC(N)=S. The fourth-order valence-electron chi connectivity index (χ4n) is 1.41. The quantitative estimate of drug-likeness (QED) is 0.648. The Morgan fingerprint density at radius 1 is 1.53 bits per heavy atom. The van der Waals surface area contributed by atoms with Crippen molar-refractivity contribution in [1.29, 1.82) is 0 Å². The van der Waals surface area contributed by atoms with Gasteiger partial charge < -0.3 is 11.1 Å². The molecule has 17 heavy (non-hydrogen) atoms. The molecule has 0 heterocycles. The summed E-state index contributed by atoms with van der Waals surface area (Å²) < 4.78 is 0.938. The van der Waals surface area contributed by atoms with Crippen molar-refractivity contribution in [2.24, 2.45) is 5.73 Å². The molecular formula is C12H15BrN2OS. The van der Waals surface area contributed by atoms with Crippen LogP contribution in [0.4, 0.5) is 0 Å². The van der Waals surface area contributed by atoms with E-state index in [0.717, 1.165) is 16.5 Å². The minimum atomic E-state index is -0.0632. The molecule has 0 fully saturated rings. The van der Waals surface area contributed by atoms with Crippen LogP contribution in [0.25, 0.3) is 0 Å². The number of nitrogens with one attached hydrogen (secondary N) is 1. The third-order valence-corrected chi connectivity index (χ3v) is 3.46. The summed E-state index contributed by atoms with van der Waals surface area (Å²) in [6.45, 7) is 2.50. The molecule has 3 nitrogen and oxygen atoms in total. The number of hydrogen-bond donors (Lipinski definition) is 2. The average molecular weight is 315 g/mol. The van der Waals surface area contributed by atoms with Crippen LogP contribution in [-0.2, 0) is 0 Å². The van der Waals surface area contributed by atoms with E-state index in [-0.39, 0.29) is 5.91 Å². The number of carbonyl (C=O) groups is 1. The highest BCUT2D eigenvalue weighted by molar-refractivity contribution is 9.10. The van der Waals surface area contributed by atoms with Gasteiger partial charge in [-0.15, -0.1) is 0 Å². The second-order valence-corrected chi connectivity index (χ2v) is 5.12. The first-order valence-corrected chi connectivity index (χ1v) is 6.54. The van der Waals surface area contributed by atoms with Crippen LogP contribution in [0.5, 0.6) is 0 Å². The van der Waals surface area contributed by atoms with E-state index in [4.69, 9.17) is 18.0 Å². The molecule has 0 saturated carbocycles. The number of rotatable bonds is 5. The first-order chi connectivity index (χ1) is 8.02. The molecule has 0 radical (unpaired) electrons. The Morgan fingerprint density at radius 3 is 2.88 bits per heavy atom. The molecule has 1 aromatic rings. The Hall–Kier alpha value is -0.940. The summed E-state index contributed by atoms with van der Waals surface area (Å²) in [7, 11) is 0. The predicted octanol–water partition coefficient (Wildman–Crippen LogP) is 2.55. The molecule has 0 bridgehead atoms. The van der Waals surface area contributed by atoms with Gasteiger partial charge in [-0.2, -0.15) is 0 Å². The number of hydrogen-bond acceptors (Lipinski definition) is 2. The number of amides is 1. The lowest BCUT2D eigenvalue weighted by Crippen LogP contribution is -2.26. The highest BCUT2D eigenvalue weighted by atomic mass is 79.9. The monoisotopic (exact) mass is 314 g/mol. The van der Waals surface area contributed by atoms with Gasteiger partial charge in [-0.05, 0) is 37.5 Å². The van der Waals surface area contributed by atoms with Crippen molar-refractivity contribution in [3.8, 4) is 0 Å². The molecule has 0 unspecified atom stereocenters. The third kappa shape index (κ3) is 4.44. The van der Waals surface area contributed by atoms with Crippen molar-refractivity contribution >= 4 is 39.0 Å². The van der Waals surface area contributed by atoms with Crippen LogP contribution in [0.3, 0.4) is 0 Å². The van der Waals surface area contributed by atoms with E-state index in [1.807, 2.05) is 25.1 Å². The summed E-state index contributed by atoms with van der Waals surface area (Å²) in [6, 6.07) is 5.57. The summed E-state index contributed by atoms with van der Waals surface area (Å²) in [4.78, 5) is 12.4. The maximum Gasteiger partial charge on any atom is 0.251 e. The number of thiocarbonyl (C=S) groups is 1. The van der Waals surface area contributed by atoms with E-state index < -0.39 is 0 Å². The Labute approximate surface area is 115 Å². The molecule has 1 rings (SSSR count). The lowest BCUT2D eigenvalue weighted by molar-refractivity contribution is 0.0952. The van der Waals surface area contributed by atoms with E-state index in [2.05, 4.69) is 21.2 Å². The predicted molar refractivity (Wildman–Crippen MR) is 77.2 cm³/mol. The van der Waals surface area contributed by atoms with E-state index in [1.54, 1.807) is 0 Å². The van der Waals surface area contributed by atoms with Crippen molar-refractivity contribution in [1.82, 2.24) is 5.32 Å². The molecule has 3 N–H and O–H groups in total. The van der Waals surface area contributed by atoms with E-state index in [1.165, 1.54) is 0 Å². The second kappa shape index (κ2) is 6.71. The summed E-state index contributed by atoms with van der Waals surface area (Å²) in [5.41, 5.74) is 7.01. The number of halogens is 1. The highest BCUT2D eigenvalue weighted by Crippen LogP contribution is 2.19. The van der Waals surface area contributed by atoms with Crippen LogP contribution < -0.4 is 11.1 Å². The maximum absolute atomic E-state index is 11.9. The van der Waals surface area contributed by atoms with E-state index >= 15 is 0 Å². The topological polar surface area (TPSA) is 55.1 Å². The second-order valence-electron chi connectivity index (χ2n) is 3.74. The van der Waals surface area contributed by atoms with Gasteiger partial charge in [0.2, 0.25) is 0 Å². The van der Waals surface area contributed by atoms with E-state index in [9.17, 15) is 4.79 Å². The van der Waals surface area contributed by atoms with Crippen LogP contribution in [0, 0.1) is 6.92 Å². The fraction of sp³-hybridized carbons (Fsp3) is 0.333. The molecule has 0 atom stereocenters. The molecule has 5 heteroatoms. The Kier molecular flexibility index (Phi) is 5.58. The zero-order valence-corrected chi connectivity index (χ0v) is 12.0. The van der Waals surface area contributed by atoms with Crippen molar-refractivity contribution < 1.29 is 4.79 Å². The minimum Gasteiger partial charge on any atom is -0.393 e. The van der Waals surface area contributed by atoms with Crippen LogP contribution in [0.1, 0.15) is 28.8 Å². The molecule has 92 valence electrons. The normalized spacial score (nSPS) is 10.0. The fourth-order valence-corrected chi connectivity index (χ4v) is 1.92. The van der Waals surface area contributed by atoms with Crippen LogP contribution >= 0.6 is 28.1 Å². The Balaban J connectivity index is 2.53. The molecule has 0 saturated heterocycles. The zero-order chi connectivity index (χ0) is 12.8. The number of benzene rings is 1. The molecule has 1 aromatic carbocycles. The van der Waals surface area contributed by atoms with Gasteiger partial charge in [0, 0.05) is 16.6 Å². The lowest BCUT2D eigenvalue weighted by Gasteiger charge is -2.08. The van der Waals surface area contributed by atoms with Gasteiger partial charge in [0.1, 0.15) is 0 Å². The van der Waals surface area contributed by atoms with Crippen molar-refractivity contribution in [2.45, 2.75) is 19.8 Å². The molecule has 0 aromatic heterocycles. The Morgan fingerprint density at radius 2 is 2.24 bits per heavy atom. The van der Waals surface area contributed by atoms with Crippen LogP contribution in [0.2, 0.25) is 0 Å². The summed E-state index contributed by atoms with van der Waals surface area (Å²) >= 11 is 8.17. The standard InChI is InChI=1S/C12H15BrN2OS/c1-8-9(4-2-5-10(8)13)12(16)15-7-3-6-11(14)17/h2,4-5H,3,6-7H2,1H3,(H2,14,17)(H,15,16). The highest BCUT2D eigenvalue weighted by Gasteiger charge is 2.09. The maximum atomic E-state index is 11.9. The Bertz CT molecular complexity index is 435. The van der Waals surface area contributed by atoms with Crippen LogP contribution in [0.15, 0.2) is 22.7 Å². The lowest BCUT2D eigenvalue weighted by atomic mass is 10.1. The van der Waals surface area contributed by atoms with Crippen LogP contribution in [-0.4, -0.2) is 17.4 Å². The van der Waals surface area contributed by atoms with Crippen molar-refractivity contribution in [3.05, 3.63) is 33.8 Å². The average Bonchev–Trinajstić information content (AvgIpc) is 2.27. The summed E-state index contributed by atoms with van der Waals surface area (Å²) in [5.74, 6) is -0.0632. The van der Waals surface area contributed by atoms with Gasteiger partial charge in [-0.1, -0.05) is 34.2 Å². The van der Waals surface area contributed by atoms with Gasteiger partial charge in [-0.25, -0.2) is 0 Å². The first-order valence-electron chi connectivity index (χ1n) is 5.34. The smallest absolute Gasteiger partial charge is 0.251 e. The third-order valence-electron chi connectivity index (χ3n) is 2.40. The molecule has 0 aliphatic heterocycles. The van der Waals surface area contributed by atoms with E-state index in [0.29, 0.717) is 23.5 Å². The zero-order valence-electron chi connectivity index (χ0n) is 9.63. The van der Waals surface area contributed by atoms with Crippen molar-refractivity contribution in [2.75, 3.05) is 6.54 Å². The first kappa shape index (κ1) is 14.1. The van der Waals surface area contributed by atoms with Crippen molar-refractivity contribution in [3.63, 3.8) is 0 Å². The minimum absolute atomic E-state index is 0.0632. The van der Waals surface area contributed by atoms with Gasteiger partial charge >= 0.3 is 0 Å². The molecule has 0 spiro atoms. The van der Waals surface area contributed by atoms with Gasteiger partial charge in [-0.3, -0.25) is 4.79 Å². The molecular weight excluding hydrogens is 300 g/mol. The number of carbonyl (C=O) groups excluding carboxylic acids is 1. The van der Waals surface area contributed by atoms with Gasteiger partial charge in [0.05, 0.1) is 4.99 Å². The van der Waals surface area contributed by atoms with Gasteiger partial charge in [0.15, 0.2) is 0 Å². The van der Waals surface area contributed by atoms with Gasteiger partial charge in [0.25, 0.3) is 5.91 Å². The summed E-state index contributed by atoms with van der Waals surface area (Å²) in [5, 5.41) is 2.85. The largest absolute Gasteiger partial charge is 0.393 e. The molecule has 0 aliphatic carbocycles.